The molecule has 0 radical (unpaired) electrons. The van der Waals surface area contributed by atoms with Gasteiger partial charge in [-0.05, 0) is 32.4 Å². The van der Waals surface area contributed by atoms with E-state index in [0.29, 0.717) is 26.2 Å². The van der Waals surface area contributed by atoms with Crippen molar-refractivity contribution in [3.05, 3.63) is 11.6 Å². The molecule has 96 valence electrons. The molecule has 1 atom stereocenters. The Morgan fingerprint density at radius 3 is 2.71 bits per heavy atom. The minimum Gasteiger partial charge on any atom is -0.465 e. The molecule has 17 heavy (non-hydrogen) atoms. The van der Waals surface area contributed by atoms with Crippen molar-refractivity contribution in [2.45, 2.75) is 20.3 Å². The Balaban J connectivity index is 2.71. The molecular formula is C12H19NO4. The van der Waals surface area contributed by atoms with Crippen LogP contribution >= 0.6 is 0 Å². The number of hydrogen-bond acceptors (Lipinski definition) is 5. The minimum atomic E-state index is -0.390. The van der Waals surface area contributed by atoms with E-state index in [1.54, 1.807) is 13.8 Å². The molecule has 5 heteroatoms. The van der Waals surface area contributed by atoms with Gasteiger partial charge >= 0.3 is 11.9 Å². The van der Waals surface area contributed by atoms with Gasteiger partial charge in [-0.15, -0.1) is 0 Å². The van der Waals surface area contributed by atoms with E-state index in [4.69, 9.17) is 9.47 Å². The molecule has 0 amide bonds. The molecule has 1 unspecified atom stereocenters. The molecule has 0 bridgehead atoms. The van der Waals surface area contributed by atoms with E-state index in [2.05, 4.69) is 5.32 Å². The first kappa shape index (κ1) is 13.7. The average molecular weight is 241 g/mol. The van der Waals surface area contributed by atoms with Gasteiger partial charge in [0.25, 0.3) is 0 Å². The maximum absolute atomic E-state index is 11.7. The summed E-state index contributed by atoms with van der Waals surface area (Å²) in [5.74, 6) is -1.04. The number of hydrogen-bond donors (Lipinski definition) is 1. The maximum atomic E-state index is 11.7. The summed E-state index contributed by atoms with van der Waals surface area (Å²) in [4.78, 5) is 23.1. The molecular weight excluding hydrogens is 222 g/mol. The lowest BCUT2D eigenvalue weighted by atomic mass is 9.92. The predicted molar refractivity (Wildman–Crippen MR) is 62.3 cm³/mol. The fourth-order valence-electron chi connectivity index (χ4n) is 1.77. The van der Waals surface area contributed by atoms with E-state index in [1.165, 1.54) is 6.08 Å². The molecule has 1 rings (SSSR count). The SMILES string of the molecule is CCOC(=O)C=C1CCNCC1C(=O)OCC. The van der Waals surface area contributed by atoms with Crippen molar-refractivity contribution < 1.29 is 19.1 Å². The molecule has 1 heterocycles. The Labute approximate surface area is 101 Å². The molecule has 0 aromatic heterocycles. The smallest absolute Gasteiger partial charge is 0.330 e. The van der Waals surface area contributed by atoms with Crippen LogP contribution in [0.1, 0.15) is 20.3 Å². The summed E-state index contributed by atoms with van der Waals surface area (Å²) >= 11 is 0. The largest absolute Gasteiger partial charge is 0.465 e. The van der Waals surface area contributed by atoms with Crippen LogP contribution in [0.2, 0.25) is 0 Å². The van der Waals surface area contributed by atoms with Gasteiger partial charge in [0.1, 0.15) is 0 Å². The van der Waals surface area contributed by atoms with Crippen molar-refractivity contribution in [1.82, 2.24) is 5.32 Å². The number of ether oxygens (including phenoxy) is 2. The fourth-order valence-corrected chi connectivity index (χ4v) is 1.77. The third-order valence-electron chi connectivity index (χ3n) is 2.55. The van der Waals surface area contributed by atoms with Crippen molar-refractivity contribution in [3.63, 3.8) is 0 Å². The summed E-state index contributed by atoms with van der Waals surface area (Å²) < 4.78 is 9.83. The lowest BCUT2D eigenvalue weighted by Crippen LogP contribution is -2.37. The Morgan fingerprint density at radius 2 is 2.06 bits per heavy atom. The first-order chi connectivity index (χ1) is 8.19. The molecule has 1 fully saturated rings. The molecule has 1 N–H and O–H groups in total. The van der Waals surface area contributed by atoms with Crippen molar-refractivity contribution >= 4 is 11.9 Å². The van der Waals surface area contributed by atoms with Gasteiger partial charge in [-0.2, -0.15) is 0 Å². The number of rotatable bonds is 4. The van der Waals surface area contributed by atoms with Gasteiger partial charge in [0.05, 0.1) is 19.1 Å². The second-order valence-electron chi connectivity index (χ2n) is 3.73. The molecule has 0 aromatic carbocycles. The number of esters is 2. The predicted octanol–water partition coefficient (Wildman–Crippen LogP) is 0.648. The maximum Gasteiger partial charge on any atom is 0.330 e. The Morgan fingerprint density at radius 1 is 1.35 bits per heavy atom. The molecule has 1 aliphatic heterocycles. The standard InChI is InChI=1S/C12H19NO4/c1-3-16-11(14)7-9-5-6-13-8-10(9)12(15)17-4-2/h7,10,13H,3-6,8H2,1-2H3. The Kier molecular flexibility index (Phi) is 5.69. The monoisotopic (exact) mass is 241 g/mol. The summed E-state index contributed by atoms with van der Waals surface area (Å²) in [6.07, 6.45) is 2.09. The highest BCUT2D eigenvalue weighted by Gasteiger charge is 2.27. The van der Waals surface area contributed by atoms with Crippen LogP contribution in [-0.2, 0) is 19.1 Å². The summed E-state index contributed by atoms with van der Waals surface area (Å²) in [6, 6.07) is 0. The zero-order valence-electron chi connectivity index (χ0n) is 10.3. The number of carbonyl (C=O) groups is 2. The lowest BCUT2D eigenvalue weighted by molar-refractivity contribution is -0.146. The third-order valence-corrected chi connectivity index (χ3v) is 2.55. The Bertz CT molecular complexity index is 312. The normalized spacial score (nSPS) is 22.2. The number of nitrogens with one attached hydrogen (secondary N) is 1. The van der Waals surface area contributed by atoms with Gasteiger partial charge in [-0.25, -0.2) is 4.79 Å². The third kappa shape index (κ3) is 4.19. The highest BCUT2D eigenvalue weighted by atomic mass is 16.5. The zero-order chi connectivity index (χ0) is 12.7. The van der Waals surface area contributed by atoms with Gasteiger partial charge in [-0.3, -0.25) is 4.79 Å². The second kappa shape index (κ2) is 7.06. The molecule has 0 aliphatic carbocycles. The molecule has 5 nitrogen and oxygen atoms in total. The Hall–Kier alpha value is -1.36. The van der Waals surface area contributed by atoms with Crippen LogP contribution in [0.5, 0.6) is 0 Å². The molecule has 0 spiro atoms. The first-order valence-electron chi connectivity index (χ1n) is 5.93. The average Bonchev–Trinajstić information content (AvgIpc) is 2.30. The molecule has 0 saturated carbocycles. The molecule has 1 saturated heterocycles. The van der Waals surface area contributed by atoms with Gasteiger partial charge in [0, 0.05) is 12.6 Å². The second-order valence-corrected chi connectivity index (χ2v) is 3.73. The van der Waals surface area contributed by atoms with Gasteiger partial charge < -0.3 is 14.8 Å². The van der Waals surface area contributed by atoms with Crippen molar-refractivity contribution in [1.29, 1.82) is 0 Å². The first-order valence-corrected chi connectivity index (χ1v) is 5.93. The van der Waals surface area contributed by atoms with Gasteiger partial charge in [0.2, 0.25) is 0 Å². The summed E-state index contributed by atoms with van der Waals surface area (Å²) in [5.41, 5.74) is 0.792. The van der Waals surface area contributed by atoms with E-state index >= 15 is 0 Å². The van der Waals surface area contributed by atoms with Crippen LogP contribution < -0.4 is 5.32 Å². The van der Waals surface area contributed by atoms with E-state index in [-0.39, 0.29) is 11.9 Å². The molecule has 0 aromatic rings. The topological polar surface area (TPSA) is 64.6 Å². The zero-order valence-corrected chi connectivity index (χ0v) is 10.3. The lowest BCUT2D eigenvalue weighted by Gasteiger charge is -2.24. The number of carbonyl (C=O) groups excluding carboxylic acids is 2. The van der Waals surface area contributed by atoms with Crippen LogP contribution in [0.3, 0.4) is 0 Å². The van der Waals surface area contributed by atoms with E-state index < -0.39 is 5.97 Å². The highest BCUT2D eigenvalue weighted by Crippen LogP contribution is 2.19. The summed E-state index contributed by atoms with van der Waals surface area (Å²) in [6.45, 7) is 5.49. The van der Waals surface area contributed by atoms with Crippen molar-refractivity contribution in [3.8, 4) is 0 Å². The fraction of sp³-hybridized carbons (Fsp3) is 0.667. The number of piperidine rings is 1. The minimum absolute atomic E-state index is 0.282. The molecule has 1 aliphatic rings. The van der Waals surface area contributed by atoms with E-state index in [0.717, 1.165) is 12.1 Å². The highest BCUT2D eigenvalue weighted by molar-refractivity contribution is 5.85. The summed E-state index contributed by atoms with van der Waals surface area (Å²) in [7, 11) is 0. The van der Waals surface area contributed by atoms with E-state index in [9.17, 15) is 9.59 Å². The van der Waals surface area contributed by atoms with Crippen LogP contribution in [-0.4, -0.2) is 38.2 Å². The van der Waals surface area contributed by atoms with Crippen LogP contribution in [0.15, 0.2) is 11.6 Å². The van der Waals surface area contributed by atoms with Gasteiger partial charge in [-0.1, -0.05) is 0 Å². The van der Waals surface area contributed by atoms with Crippen molar-refractivity contribution in [2.75, 3.05) is 26.3 Å². The quantitative estimate of drug-likeness (QED) is 0.578. The van der Waals surface area contributed by atoms with Crippen LogP contribution in [0, 0.1) is 5.92 Å². The van der Waals surface area contributed by atoms with E-state index in [1.807, 2.05) is 0 Å². The summed E-state index contributed by atoms with van der Waals surface area (Å²) in [5, 5.41) is 3.12. The van der Waals surface area contributed by atoms with Crippen molar-refractivity contribution in [2.24, 2.45) is 5.92 Å². The van der Waals surface area contributed by atoms with Gasteiger partial charge in [0.15, 0.2) is 0 Å². The van der Waals surface area contributed by atoms with Crippen LogP contribution in [0.25, 0.3) is 0 Å². The van der Waals surface area contributed by atoms with Crippen LogP contribution in [0.4, 0.5) is 0 Å².